The number of nitrogens with zero attached hydrogens (tertiary/aromatic N) is 2. The van der Waals surface area contributed by atoms with Gasteiger partial charge in [0.25, 0.3) is 0 Å². The highest BCUT2D eigenvalue weighted by molar-refractivity contribution is 5.90. The Hall–Kier alpha value is -2.57. The molecular formula is C20H27N3O4. The molecule has 27 heavy (non-hydrogen) atoms. The predicted octanol–water partition coefficient (Wildman–Crippen LogP) is 2.56. The zero-order valence-corrected chi connectivity index (χ0v) is 15.9. The fraction of sp³-hybridized carbons (Fsp3) is 0.550. The van der Waals surface area contributed by atoms with Gasteiger partial charge in [0.15, 0.2) is 0 Å². The van der Waals surface area contributed by atoms with E-state index in [0.717, 1.165) is 24.1 Å². The van der Waals surface area contributed by atoms with E-state index >= 15 is 0 Å². The zero-order chi connectivity index (χ0) is 19.6. The SMILES string of the molecule is Cc1cccc(NC(=O)N2CCCC(C(=O)N3CCC(C)(C(=O)O)C3)C2)c1. The van der Waals surface area contributed by atoms with Crippen molar-refractivity contribution in [2.24, 2.45) is 11.3 Å². The van der Waals surface area contributed by atoms with Gasteiger partial charge in [0.2, 0.25) is 5.91 Å². The summed E-state index contributed by atoms with van der Waals surface area (Å²) >= 11 is 0. The number of nitrogens with one attached hydrogen (secondary N) is 1. The van der Waals surface area contributed by atoms with Crippen molar-refractivity contribution in [3.63, 3.8) is 0 Å². The second-order valence-electron chi connectivity index (χ2n) is 7.96. The number of carboxylic acids is 1. The van der Waals surface area contributed by atoms with E-state index in [1.165, 1.54) is 0 Å². The van der Waals surface area contributed by atoms with E-state index in [4.69, 9.17) is 0 Å². The van der Waals surface area contributed by atoms with Crippen LogP contribution in [0.2, 0.25) is 0 Å². The summed E-state index contributed by atoms with van der Waals surface area (Å²) < 4.78 is 0. The molecule has 0 aromatic heterocycles. The van der Waals surface area contributed by atoms with E-state index in [-0.39, 0.29) is 24.4 Å². The summed E-state index contributed by atoms with van der Waals surface area (Å²) in [5.41, 5.74) is 0.937. The number of amides is 3. The molecule has 2 aliphatic heterocycles. The average Bonchev–Trinajstić information content (AvgIpc) is 3.05. The number of urea groups is 1. The summed E-state index contributed by atoms with van der Waals surface area (Å²) in [5, 5.41) is 12.3. The highest BCUT2D eigenvalue weighted by Gasteiger charge is 2.44. The molecule has 0 radical (unpaired) electrons. The van der Waals surface area contributed by atoms with E-state index in [1.807, 2.05) is 31.2 Å². The van der Waals surface area contributed by atoms with E-state index in [9.17, 15) is 19.5 Å². The molecule has 0 aliphatic carbocycles. The Morgan fingerprint density at radius 1 is 1.22 bits per heavy atom. The van der Waals surface area contributed by atoms with Crippen molar-refractivity contribution in [1.29, 1.82) is 0 Å². The third kappa shape index (κ3) is 4.23. The lowest BCUT2D eigenvalue weighted by atomic mass is 9.90. The van der Waals surface area contributed by atoms with Gasteiger partial charge in [-0.05, 0) is 50.8 Å². The first-order valence-corrected chi connectivity index (χ1v) is 9.43. The van der Waals surface area contributed by atoms with E-state index in [0.29, 0.717) is 26.1 Å². The van der Waals surface area contributed by atoms with Gasteiger partial charge < -0.3 is 20.2 Å². The van der Waals surface area contributed by atoms with Crippen LogP contribution in [-0.2, 0) is 9.59 Å². The minimum absolute atomic E-state index is 0.0342. The number of likely N-dealkylation sites (tertiary alicyclic amines) is 2. The van der Waals surface area contributed by atoms with Gasteiger partial charge in [0, 0.05) is 31.9 Å². The van der Waals surface area contributed by atoms with Gasteiger partial charge in [0.1, 0.15) is 0 Å². The molecule has 3 amide bonds. The van der Waals surface area contributed by atoms with Crippen LogP contribution < -0.4 is 5.32 Å². The zero-order valence-electron chi connectivity index (χ0n) is 15.9. The Morgan fingerprint density at radius 3 is 2.67 bits per heavy atom. The number of carbonyl (C=O) groups is 3. The Balaban J connectivity index is 1.60. The largest absolute Gasteiger partial charge is 0.481 e. The summed E-state index contributed by atoms with van der Waals surface area (Å²) in [6.07, 6.45) is 1.97. The van der Waals surface area contributed by atoms with Gasteiger partial charge in [-0.2, -0.15) is 0 Å². The number of carboxylic acid groups (broad SMARTS) is 1. The normalized spacial score (nSPS) is 25.3. The summed E-state index contributed by atoms with van der Waals surface area (Å²) in [6.45, 7) is 5.35. The van der Waals surface area contributed by atoms with Gasteiger partial charge >= 0.3 is 12.0 Å². The van der Waals surface area contributed by atoms with Crippen LogP contribution in [0.4, 0.5) is 10.5 Å². The summed E-state index contributed by atoms with van der Waals surface area (Å²) in [6, 6.07) is 7.40. The molecule has 3 rings (SSSR count). The molecule has 2 unspecified atom stereocenters. The summed E-state index contributed by atoms with van der Waals surface area (Å²) in [4.78, 5) is 40.2. The molecule has 2 fully saturated rings. The fourth-order valence-electron chi connectivity index (χ4n) is 3.87. The Morgan fingerprint density at radius 2 is 2.00 bits per heavy atom. The second-order valence-corrected chi connectivity index (χ2v) is 7.96. The molecule has 1 aromatic rings. The highest BCUT2D eigenvalue weighted by atomic mass is 16.4. The van der Waals surface area contributed by atoms with Crippen molar-refractivity contribution in [2.45, 2.75) is 33.1 Å². The minimum Gasteiger partial charge on any atom is -0.481 e. The lowest BCUT2D eigenvalue weighted by molar-refractivity contribution is -0.147. The quantitative estimate of drug-likeness (QED) is 0.852. The molecule has 7 heteroatoms. The first-order valence-electron chi connectivity index (χ1n) is 9.43. The maximum absolute atomic E-state index is 12.9. The van der Waals surface area contributed by atoms with Crippen LogP contribution >= 0.6 is 0 Å². The molecule has 0 spiro atoms. The van der Waals surface area contributed by atoms with Gasteiger partial charge in [-0.25, -0.2) is 4.79 Å². The molecule has 2 saturated heterocycles. The number of anilines is 1. The summed E-state index contributed by atoms with van der Waals surface area (Å²) in [7, 11) is 0. The molecule has 0 bridgehead atoms. The fourth-order valence-corrected chi connectivity index (χ4v) is 3.87. The van der Waals surface area contributed by atoms with Crippen LogP contribution in [0.25, 0.3) is 0 Å². The number of hydrogen-bond donors (Lipinski definition) is 2. The lowest BCUT2D eigenvalue weighted by Crippen LogP contribution is -2.48. The standard InChI is InChI=1S/C20H27N3O4/c1-14-5-3-7-16(11-14)21-19(27)22-9-4-6-15(12-22)17(24)23-10-8-20(2,13-23)18(25)26/h3,5,7,11,15H,4,6,8-10,12-13H2,1-2H3,(H,21,27)(H,25,26). The van der Waals surface area contributed by atoms with Crippen LogP contribution in [0.3, 0.4) is 0 Å². The topological polar surface area (TPSA) is 90.0 Å². The van der Waals surface area contributed by atoms with Crippen molar-refractivity contribution in [2.75, 3.05) is 31.5 Å². The predicted molar refractivity (Wildman–Crippen MR) is 101 cm³/mol. The van der Waals surface area contributed by atoms with Gasteiger partial charge in [0.05, 0.1) is 11.3 Å². The maximum atomic E-state index is 12.9. The number of hydrogen-bond acceptors (Lipinski definition) is 3. The maximum Gasteiger partial charge on any atom is 0.321 e. The van der Waals surface area contributed by atoms with Crippen molar-refractivity contribution >= 4 is 23.6 Å². The molecule has 2 heterocycles. The lowest BCUT2D eigenvalue weighted by Gasteiger charge is -2.34. The average molecular weight is 373 g/mol. The van der Waals surface area contributed by atoms with Crippen LogP contribution in [0.5, 0.6) is 0 Å². The minimum atomic E-state index is -0.868. The van der Waals surface area contributed by atoms with Crippen LogP contribution in [-0.4, -0.2) is 59.0 Å². The molecule has 2 atom stereocenters. The molecule has 1 aromatic carbocycles. The number of rotatable bonds is 3. The number of aliphatic carboxylic acids is 1. The molecular weight excluding hydrogens is 346 g/mol. The van der Waals surface area contributed by atoms with Crippen molar-refractivity contribution in [1.82, 2.24) is 9.80 Å². The number of aryl methyl sites for hydroxylation is 1. The molecule has 146 valence electrons. The Bertz CT molecular complexity index is 750. The van der Waals surface area contributed by atoms with Gasteiger partial charge in [-0.3, -0.25) is 9.59 Å². The molecule has 2 N–H and O–H groups in total. The number of benzene rings is 1. The number of carbonyl (C=O) groups excluding carboxylic acids is 2. The van der Waals surface area contributed by atoms with Crippen LogP contribution in [0, 0.1) is 18.3 Å². The highest BCUT2D eigenvalue weighted by Crippen LogP contribution is 2.32. The van der Waals surface area contributed by atoms with E-state index < -0.39 is 11.4 Å². The Kier molecular flexibility index (Phi) is 5.39. The first-order chi connectivity index (χ1) is 12.8. The molecule has 7 nitrogen and oxygen atoms in total. The van der Waals surface area contributed by atoms with Crippen LogP contribution in [0.15, 0.2) is 24.3 Å². The second kappa shape index (κ2) is 7.58. The van der Waals surface area contributed by atoms with Crippen molar-refractivity contribution < 1.29 is 19.5 Å². The third-order valence-electron chi connectivity index (χ3n) is 5.63. The molecule has 0 saturated carbocycles. The van der Waals surface area contributed by atoms with Crippen molar-refractivity contribution in [3.8, 4) is 0 Å². The smallest absolute Gasteiger partial charge is 0.321 e. The first kappa shape index (κ1) is 19.2. The monoisotopic (exact) mass is 373 g/mol. The molecule has 2 aliphatic rings. The summed E-state index contributed by atoms with van der Waals surface area (Å²) in [5.74, 6) is -1.16. The van der Waals surface area contributed by atoms with Gasteiger partial charge in [-0.1, -0.05) is 12.1 Å². The van der Waals surface area contributed by atoms with E-state index in [2.05, 4.69) is 5.32 Å². The van der Waals surface area contributed by atoms with Crippen molar-refractivity contribution in [3.05, 3.63) is 29.8 Å². The third-order valence-corrected chi connectivity index (χ3v) is 5.63. The number of piperidine rings is 1. The van der Waals surface area contributed by atoms with Gasteiger partial charge in [-0.15, -0.1) is 0 Å². The van der Waals surface area contributed by atoms with Crippen LogP contribution in [0.1, 0.15) is 31.7 Å². The Labute approximate surface area is 159 Å². The van der Waals surface area contributed by atoms with E-state index in [1.54, 1.807) is 16.7 Å².